The topological polar surface area (TPSA) is 72.3 Å². The van der Waals surface area contributed by atoms with E-state index in [0.29, 0.717) is 27.6 Å². The molecule has 0 unspecified atom stereocenters. The van der Waals surface area contributed by atoms with E-state index >= 15 is 0 Å². The summed E-state index contributed by atoms with van der Waals surface area (Å²) in [6, 6.07) is 5.45. The number of benzene rings is 1. The van der Waals surface area contributed by atoms with Gasteiger partial charge >= 0.3 is 0 Å². The highest BCUT2D eigenvalue weighted by atomic mass is 32.1. The third-order valence-electron chi connectivity index (χ3n) is 7.24. The van der Waals surface area contributed by atoms with E-state index in [0.717, 1.165) is 75.7 Å². The van der Waals surface area contributed by atoms with Crippen molar-refractivity contribution in [3.05, 3.63) is 40.5 Å². The van der Waals surface area contributed by atoms with Crippen molar-refractivity contribution in [1.82, 2.24) is 25.0 Å². The molecule has 3 aromatic rings. The highest BCUT2D eigenvalue weighted by Gasteiger charge is 2.27. The number of nitrogens with zero attached hydrogens (tertiary/aromatic N) is 4. The lowest BCUT2D eigenvalue weighted by Gasteiger charge is -2.32. The van der Waals surface area contributed by atoms with E-state index in [1.54, 1.807) is 24.4 Å². The molecule has 1 aliphatic heterocycles. The van der Waals surface area contributed by atoms with Gasteiger partial charge in [-0.25, -0.2) is 22.8 Å². The van der Waals surface area contributed by atoms with Gasteiger partial charge in [0.05, 0.1) is 16.8 Å². The minimum atomic E-state index is -2.87. The van der Waals surface area contributed by atoms with Crippen molar-refractivity contribution in [3.8, 4) is 5.19 Å². The zero-order chi connectivity index (χ0) is 26.0. The largest absolute Gasteiger partial charge is 0.464 e. The molecule has 7 nitrogen and oxygen atoms in total. The van der Waals surface area contributed by atoms with E-state index in [2.05, 4.69) is 20.3 Å². The zero-order valence-corrected chi connectivity index (χ0v) is 21.7. The maximum atomic E-state index is 13.1. The highest BCUT2D eigenvalue weighted by molar-refractivity contribution is 7.13. The van der Waals surface area contributed by atoms with Gasteiger partial charge in [0.25, 0.3) is 17.0 Å². The maximum absolute atomic E-state index is 13.1. The number of carbonyl (C=O) groups excluding carboxylic acids is 1. The lowest BCUT2D eigenvalue weighted by molar-refractivity contribution is -0.0230. The second-order valence-corrected chi connectivity index (χ2v) is 11.3. The summed E-state index contributed by atoms with van der Waals surface area (Å²) in [5.41, 5.74) is 2.09. The maximum Gasteiger partial charge on any atom is 0.278 e. The molecule has 1 aromatic carbocycles. The average Bonchev–Trinajstić information content (AvgIpc) is 3.49. The average molecular weight is 536 g/mol. The van der Waals surface area contributed by atoms with Crippen LogP contribution in [0.15, 0.2) is 24.4 Å². The molecule has 1 fully saturated rings. The first-order valence-corrected chi connectivity index (χ1v) is 13.6. The van der Waals surface area contributed by atoms with Crippen LogP contribution >= 0.6 is 11.3 Å². The highest BCUT2D eigenvalue weighted by Crippen LogP contribution is 2.32. The predicted octanol–water partition coefficient (Wildman–Crippen LogP) is 5.19. The number of hydrogen-bond donors (Lipinski definition) is 1. The van der Waals surface area contributed by atoms with Crippen molar-refractivity contribution in [2.24, 2.45) is 5.92 Å². The molecule has 0 atom stereocenters. The molecule has 37 heavy (non-hydrogen) atoms. The summed E-state index contributed by atoms with van der Waals surface area (Å²) in [5.74, 6) is -2.39. The van der Waals surface area contributed by atoms with Crippen molar-refractivity contribution >= 4 is 28.1 Å². The molecule has 200 valence electrons. The summed E-state index contributed by atoms with van der Waals surface area (Å²) < 4.78 is 45.5. The molecule has 1 amide bonds. The Labute approximate surface area is 218 Å². The zero-order valence-electron chi connectivity index (χ0n) is 20.9. The van der Waals surface area contributed by atoms with E-state index in [1.807, 2.05) is 0 Å². The van der Waals surface area contributed by atoms with Crippen molar-refractivity contribution in [2.45, 2.75) is 70.8 Å². The molecule has 0 saturated heterocycles. The minimum Gasteiger partial charge on any atom is -0.464 e. The van der Waals surface area contributed by atoms with Crippen molar-refractivity contribution < 1.29 is 22.7 Å². The molecule has 2 aromatic heterocycles. The Hall–Kier alpha value is -2.66. The van der Waals surface area contributed by atoms with Crippen LogP contribution in [-0.4, -0.2) is 57.2 Å². The van der Waals surface area contributed by atoms with Gasteiger partial charge in [-0.3, -0.25) is 9.69 Å². The first kappa shape index (κ1) is 26.0. The summed E-state index contributed by atoms with van der Waals surface area (Å²) >= 11 is 1.38. The number of carbonyl (C=O) groups is 1. The van der Waals surface area contributed by atoms with Gasteiger partial charge in [0.1, 0.15) is 0 Å². The summed E-state index contributed by atoms with van der Waals surface area (Å²) in [4.78, 5) is 20.9. The van der Waals surface area contributed by atoms with Crippen molar-refractivity contribution in [1.29, 1.82) is 0 Å². The first-order valence-electron chi connectivity index (χ1n) is 12.8. The van der Waals surface area contributed by atoms with Crippen LogP contribution in [0.4, 0.5) is 13.2 Å². The van der Waals surface area contributed by atoms with Crippen LogP contribution in [0, 0.1) is 5.92 Å². The van der Waals surface area contributed by atoms with Crippen LogP contribution < -0.4 is 10.1 Å². The Balaban J connectivity index is 1.06. The number of alkyl halides is 3. The van der Waals surface area contributed by atoms with Gasteiger partial charge in [-0.15, -0.1) is 0 Å². The molecular weight excluding hydrogens is 503 g/mol. The summed E-state index contributed by atoms with van der Waals surface area (Å²) in [6.45, 7) is 2.12. The number of fused-ring (bicyclic) bond motifs is 2. The molecule has 11 heteroatoms. The molecule has 5 rings (SSSR count). The molecule has 0 bridgehead atoms. The molecule has 1 N–H and O–H groups in total. The Morgan fingerprint density at radius 2 is 2.08 bits per heavy atom. The Morgan fingerprint density at radius 1 is 1.27 bits per heavy atom. The van der Waals surface area contributed by atoms with Crippen molar-refractivity contribution in [3.63, 3.8) is 0 Å². The molecule has 2 aliphatic rings. The first-order chi connectivity index (χ1) is 17.8. The Morgan fingerprint density at radius 3 is 2.84 bits per heavy atom. The van der Waals surface area contributed by atoms with Crippen LogP contribution in [-0.2, 0) is 19.8 Å². The number of amides is 1. The van der Waals surface area contributed by atoms with Crippen LogP contribution in [0.25, 0.3) is 10.9 Å². The van der Waals surface area contributed by atoms with E-state index in [-0.39, 0.29) is 11.9 Å². The lowest BCUT2D eigenvalue weighted by Crippen LogP contribution is -2.38. The smallest absolute Gasteiger partial charge is 0.278 e. The van der Waals surface area contributed by atoms with Gasteiger partial charge in [-0.2, -0.15) is 5.10 Å². The quantitative estimate of drug-likeness (QED) is 0.408. The molecular formula is C26H32F3N5O2S. The molecule has 3 heterocycles. The van der Waals surface area contributed by atoms with Gasteiger partial charge in [-0.1, -0.05) is 17.4 Å². The summed E-state index contributed by atoms with van der Waals surface area (Å²) in [7, 11) is 0. The normalized spacial score (nSPS) is 20.6. The monoisotopic (exact) mass is 535 g/mol. The second kappa shape index (κ2) is 11.0. The number of thiazole rings is 1. The van der Waals surface area contributed by atoms with E-state index < -0.39 is 19.3 Å². The van der Waals surface area contributed by atoms with E-state index in [4.69, 9.17) is 4.74 Å². The molecule has 1 saturated carbocycles. The number of hydrogen-bond acceptors (Lipinski definition) is 6. The van der Waals surface area contributed by atoms with Crippen molar-refractivity contribution in [2.75, 3.05) is 19.7 Å². The molecule has 1 aliphatic carbocycles. The number of nitrogens with one attached hydrogen (secondary N) is 1. The predicted molar refractivity (Wildman–Crippen MR) is 136 cm³/mol. The third-order valence-corrected chi connectivity index (χ3v) is 8.31. The fourth-order valence-electron chi connectivity index (χ4n) is 5.25. The lowest BCUT2D eigenvalue weighted by atomic mass is 9.84. The second-order valence-electron chi connectivity index (χ2n) is 10.2. The van der Waals surface area contributed by atoms with Gasteiger partial charge < -0.3 is 10.1 Å². The Bertz CT molecular complexity index is 1230. The van der Waals surface area contributed by atoms with Crippen LogP contribution in [0.2, 0.25) is 0 Å². The number of ether oxygens (including phenoxy) is 1. The Kier molecular flexibility index (Phi) is 7.71. The summed E-state index contributed by atoms with van der Waals surface area (Å²) in [5, 5.41) is 8.31. The third kappa shape index (κ3) is 6.43. The number of rotatable bonds is 9. The standard InChI is InChI=1S/C26H32F3N5O2S/c1-26(28,29)15-36-25-31-22-14-33(12-10-23(22)37-25)11-9-17-5-7-18(8-6-17)30-24(35)19-3-2-4-21-20(19)13-34(16-27)32-21/h2-4,13,17-18H,5-12,14-16H2,1H3,(H,30,35)/t17-,18-. The van der Waals surface area contributed by atoms with Gasteiger partial charge in [-0.05, 0) is 63.1 Å². The SMILES string of the molecule is CC(F)(F)COc1nc2c(s1)CCN(CC[C@H]1CC[C@H](NC(=O)c3cccc4nn(CF)cc34)CC1)C2. The van der Waals surface area contributed by atoms with Gasteiger partial charge in [0.15, 0.2) is 13.4 Å². The van der Waals surface area contributed by atoms with Gasteiger partial charge in [0, 0.05) is 42.5 Å². The summed E-state index contributed by atoms with van der Waals surface area (Å²) in [6.07, 6.45) is 7.54. The number of aromatic nitrogens is 3. The molecule has 0 spiro atoms. The number of halogens is 3. The fourth-order valence-corrected chi connectivity index (χ4v) is 6.15. The van der Waals surface area contributed by atoms with E-state index in [1.165, 1.54) is 16.0 Å². The van der Waals surface area contributed by atoms with Crippen LogP contribution in [0.3, 0.4) is 0 Å². The fraction of sp³-hybridized carbons (Fsp3) is 0.577. The van der Waals surface area contributed by atoms with Crippen LogP contribution in [0.1, 0.15) is 60.0 Å². The van der Waals surface area contributed by atoms with E-state index in [9.17, 15) is 18.0 Å². The van der Waals surface area contributed by atoms with Crippen LogP contribution in [0.5, 0.6) is 5.19 Å². The van der Waals surface area contributed by atoms with Gasteiger partial charge in [0.2, 0.25) is 0 Å². The molecule has 0 radical (unpaired) electrons. The minimum absolute atomic E-state index is 0.133.